The number of benzene rings is 1. The number of nitrogens with zero attached hydrogens (tertiary/aromatic N) is 1. The molecule has 0 saturated carbocycles. The van der Waals surface area contributed by atoms with Crippen LogP contribution in [0.3, 0.4) is 0 Å². The monoisotopic (exact) mass is 274 g/mol. The van der Waals surface area contributed by atoms with Gasteiger partial charge < -0.3 is 9.73 Å². The van der Waals surface area contributed by atoms with Gasteiger partial charge in [0.1, 0.15) is 5.58 Å². The van der Waals surface area contributed by atoms with Gasteiger partial charge in [0.15, 0.2) is 0 Å². The van der Waals surface area contributed by atoms with Crippen molar-refractivity contribution < 1.29 is 14.0 Å². The molecule has 1 aromatic heterocycles. The van der Waals surface area contributed by atoms with E-state index in [9.17, 15) is 9.59 Å². The van der Waals surface area contributed by atoms with E-state index in [0.717, 1.165) is 5.39 Å². The molecule has 6 nitrogen and oxygen atoms in total. The first-order valence-electron chi connectivity index (χ1n) is 6.14. The van der Waals surface area contributed by atoms with Crippen molar-refractivity contribution in [2.75, 3.05) is 6.54 Å². The molecule has 1 heterocycles. The van der Waals surface area contributed by atoms with Gasteiger partial charge >= 0.3 is 11.7 Å². The van der Waals surface area contributed by atoms with Crippen molar-refractivity contribution in [3.05, 3.63) is 46.3 Å². The fourth-order valence-corrected chi connectivity index (χ4v) is 1.65. The Morgan fingerprint density at radius 1 is 1.40 bits per heavy atom. The van der Waals surface area contributed by atoms with Crippen LogP contribution in [0.4, 0.5) is 4.79 Å². The molecule has 2 rings (SSSR count). The summed E-state index contributed by atoms with van der Waals surface area (Å²) in [6.45, 7) is 3.77. The molecule has 20 heavy (non-hydrogen) atoms. The van der Waals surface area contributed by atoms with Crippen LogP contribution in [0.5, 0.6) is 0 Å². The maximum atomic E-state index is 11.8. The second-order valence-electron chi connectivity index (χ2n) is 4.07. The smallest absolute Gasteiger partial charge is 0.422 e. The zero-order valence-corrected chi connectivity index (χ0v) is 11.2. The van der Waals surface area contributed by atoms with Gasteiger partial charge in [0.25, 0.3) is 0 Å². The first-order valence-corrected chi connectivity index (χ1v) is 6.14. The van der Waals surface area contributed by atoms with Gasteiger partial charge in [0, 0.05) is 11.9 Å². The predicted molar refractivity (Wildman–Crippen MR) is 74.9 cm³/mol. The third-order valence-corrected chi connectivity index (χ3v) is 2.62. The molecule has 0 aliphatic heterocycles. The maximum Gasteiger partial charge on any atom is 0.433 e. The number of nitrogens with one attached hydrogen (secondary N) is 1. The Balaban J connectivity index is 2.32. The van der Waals surface area contributed by atoms with E-state index in [1.807, 2.05) is 12.1 Å². The van der Waals surface area contributed by atoms with Crippen LogP contribution in [0.2, 0.25) is 0 Å². The van der Waals surface area contributed by atoms with E-state index in [0.29, 0.717) is 12.1 Å². The van der Waals surface area contributed by atoms with Crippen LogP contribution in [0, 0.1) is 0 Å². The highest BCUT2D eigenvalue weighted by molar-refractivity contribution is 6.00. The zero-order chi connectivity index (χ0) is 14.5. The van der Waals surface area contributed by atoms with Crippen LogP contribution >= 0.6 is 0 Å². The number of carbonyl (C=O) groups excluding carboxylic acids is 1. The summed E-state index contributed by atoms with van der Waals surface area (Å²) in [5.74, 6) is 0. The van der Waals surface area contributed by atoms with Crippen molar-refractivity contribution >= 4 is 22.8 Å². The van der Waals surface area contributed by atoms with Crippen LogP contribution in [-0.4, -0.2) is 18.3 Å². The lowest BCUT2D eigenvalue weighted by molar-refractivity contribution is 0.151. The lowest BCUT2D eigenvalue weighted by atomic mass is 10.1. The summed E-state index contributed by atoms with van der Waals surface area (Å²) in [4.78, 5) is 27.6. The summed E-state index contributed by atoms with van der Waals surface area (Å²) >= 11 is 0. The normalized spacial score (nSPS) is 11.4. The summed E-state index contributed by atoms with van der Waals surface area (Å²) in [6.07, 6.45) is -0.669. The molecule has 104 valence electrons. The van der Waals surface area contributed by atoms with Crippen LogP contribution < -0.4 is 10.9 Å². The Kier molecular flexibility index (Phi) is 4.14. The van der Waals surface area contributed by atoms with Gasteiger partial charge in [-0.15, -0.1) is 0 Å². The molecule has 0 unspecified atom stereocenters. The topological polar surface area (TPSA) is 80.9 Å². The summed E-state index contributed by atoms with van der Waals surface area (Å²) in [5, 5.41) is 6.82. The van der Waals surface area contributed by atoms with Crippen LogP contribution in [0.25, 0.3) is 11.0 Å². The lowest BCUT2D eigenvalue weighted by Gasteiger charge is -2.02. The van der Waals surface area contributed by atoms with Gasteiger partial charge in [-0.1, -0.05) is 23.4 Å². The molecule has 6 heteroatoms. The molecule has 0 aliphatic carbocycles. The molecular weight excluding hydrogens is 260 g/mol. The number of rotatable bonds is 3. The highest BCUT2D eigenvalue weighted by Gasteiger charge is 2.09. The number of carbonyl (C=O) groups is 1. The molecule has 1 amide bonds. The summed E-state index contributed by atoms with van der Waals surface area (Å²) < 4.78 is 5.18. The van der Waals surface area contributed by atoms with E-state index in [-0.39, 0.29) is 11.3 Å². The van der Waals surface area contributed by atoms with E-state index in [1.54, 1.807) is 32.0 Å². The second-order valence-corrected chi connectivity index (χ2v) is 4.07. The summed E-state index contributed by atoms with van der Waals surface area (Å²) in [5.41, 5.74) is 0.506. The number of oxime groups is 1. The van der Waals surface area contributed by atoms with Crippen LogP contribution in [0.1, 0.15) is 19.4 Å². The van der Waals surface area contributed by atoms with Crippen molar-refractivity contribution in [1.29, 1.82) is 0 Å². The minimum atomic E-state index is -0.669. The molecule has 1 N–H and O–H groups in total. The number of fused-ring (bicyclic) bond motifs is 1. The molecule has 2 aromatic rings. The first-order chi connectivity index (χ1) is 9.61. The van der Waals surface area contributed by atoms with Crippen molar-refractivity contribution in [1.82, 2.24) is 5.32 Å². The number of amides is 1. The van der Waals surface area contributed by atoms with E-state index >= 15 is 0 Å². The molecule has 0 spiro atoms. The van der Waals surface area contributed by atoms with Gasteiger partial charge in [0.05, 0.1) is 11.3 Å². The highest BCUT2D eigenvalue weighted by atomic mass is 16.7. The molecule has 0 atom stereocenters. The summed E-state index contributed by atoms with van der Waals surface area (Å²) in [7, 11) is 0. The minimum Gasteiger partial charge on any atom is -0.422 e. The lowest BCUT2D eigenvalue weighted by Crippen LogP contribution is -2.22. The number of para-hydroxylation sites is 1. The predicted octanol–water partition coefficient (Wildman–Crippen LogP) is 2.26. The first kappa shape index (κ1) is 13.8. The molecule has 0 aliphatic rings. The average Bonchev–Trinajstić information content (AvgIpc) is 2.44. The standard InChI is InChI=1S/C14H14N2O4/c1-3-15-14(18)20-16-9(2)11-8-10-6-4-5-7-12(10)19-13(11)17/h4-8H,3H2,1-2H3,(H,15,18). The zero-order valence-electron chi connectivity index (χ0n) is 11.2. The Hall–Kier alpha value is -2.63. The molecule has 0 radical (unpaired) electrons. The SMILES string of the molecule is CCNC(=O)ON=C(C)c1cc2ccccc2oc1=O. The van der Waals surface area contributed by atoms with Crippen molar-refractivity contribution in [2.45, 2.75) is 13.8 Å². The van der Waals surface area contributed by atoms with Crippen LogP contribution in [0.15, 0.2) is 44.7 Å². The Morgan fingerprint density at radius 3 is 2.90 bits per heavy atom. The van der Waals surface area contributed by atoms with Gasteiger partial charge in [-0.2, -0.15) is 0 Å². The van der Waals surface area contributed by atoms with E-state index < -0.39 is 11.7 Å². The Labute approximate surface area is 115 Å². The number of hydrogen-bond acceptors (Lipinski definition) is 5. The molecule has 0 bridgehead atoms. The quantitative estimate of drug-likeness (QED) is 0.403. The Morgan fingerprint density at radius 2 is 2.15 bits per heavy atom. The van der Waals surface area contributed by atoms with E-state index in [2.05, 4.69) is 15.3 Å². The third-order valence-electron chi connectivity index (χ3n) is 2.62. The fraction of sp³-hybridized carbons (Fsp3) is 0.214. The molecule has 0 saturated heterocycles. The van der Waals surface area contributed by atoms with Crippen molar-refractivity contribution in [3.8, 4) is 0 Å². The Bertz CT molecular complexity index is 718. The fourth-order valence-electron chi connectivity index (χ4n) is 1.65. The molecule has 1 aromatic carbocycles. The minimum absolute atomic E-state index is 0.257. The average molecular weight is 274 g/mol. The molecule has 0 fully saturated rings. The van der Waals surface area contributed by atoms with Gasteiger partial charge in [0.2, 0.25) is 0 Å². The largest absolute Gasteiger partial charge is 0.433 e. The number of hydrogen-bond donors (Lipinski definition) is 1. The second kappa shape index (κ2) is 6.01. The van der Waals surface area contributed by atoms with E-state index in [4.69, 9.17) is 4.42 Å². The highest BCUT2D eigenvalue weighted by Crippen LogP contribution is 2.13. The maximum absolute atomic E-state index is 11.8. The molecular formula is C14H14N2O4. The third kappa shape index (κ3) is 3.03. The van der Waals surface area contributed by atoms with Crippen molar-refractivity contribution in [3.63, 3.8) is 0 Å². The van der Waals surface area contributed by atoms with Crippen molar-refractivity contribution in [2.24, 2.45) is 5.16 Å². The van der Waals surface area contributed by atoms with Gasteiger partial charge in [-0.3, -0.25) is 4.84 Å². The van der Waals surface area contributed by atoms with Gasteiger partial charge in [-0.05, 0) is 26.0 Å². The van der Waals surface area contributed by atoms with E-state index in [1.165, 1.54) is 0 Å². The van der Waals surface area contributed by atoms with Crippen LogP contribution in [-0.2, 0) is 4.84 Å². The van der Waals surface area contributed by atoms with Gasteiger partial charge in [-0.25, -0.2) is 9.59 Å². The summed E-state index contributed by atoms with van der Waals surface area (Å²) in [6, 6.07) is 8.80.